The fraction of sp³-hybridized carbons (Fsp3) is 0.333. The lowest BCUT2D eigenvalue weighted by Gasteiger charge is -2.19. The summed E-state index contributed by atoms with van der Waals surface area (Å²) in [7, 11) is -4.08. The van der Waals surface area contributed by atoms with Crippen LogP contribution in [0.1, 0.15) is 48.8 Å². The number of nitro benzene ring substituents is 1. The molecule has 196 valence electrons. The minimum absolute atomic E-state index is 0.0267. The van der Waals surface area contributed by atoms with Crippen LogP contribution in [0.3, 0.4) is 0 Å². The summed E-state index contributed by atoms with van der Waals surface area (Å²) in [5, 5.41) is 18.4. The molecule has 0 saturated carbocycles. The van der Waals surface area contributed by atoms with Crippen LogP contribution in [0.4, 0.5) is 15.8 Å². The number of ether oxygens (including phenoxy) is 1. The predicted molar refractivity (Wildman–Crippen MR) is 133 cm³/mol. The fourth-order valence-corrected chi connectivity index (χ4v) is 5.63. The Balaban J connectivity index is 1.75. The molecular weight excluding hydrogens is 505 g/mol. The second-order valence-electron chi connectivity index (χ2n) is 8.88. The molecule has 2 aromatic carbocycles. The van der Waals surface area contributed by atoms with E-state index in [1.165, 1.54) is 39.3 Å². The smallest absolute Gasteiger partial charge is 0.276 e. The van der Waals surface area contributed by atoms with E-state index in [1.807, 2.05) is 0 Å². The first kappa shape index (κ1) is 26.2. The molecule has 1 saturated heterocycles. The highest BCUT2D eigenvalue weighted by molar-refractivity contribution is 7.89. The number of amides is 1. The van der Waals surface area contributed by atoms with Crippen LogP contribution in [0.25, 0.3) is 0 Å². The van der Waals surface area contributed by atoms with Crippen LogP contribution in [0, 0.1) is 22.9 Å². The van der Waals surface area contributed by atoms with E-state index in [4.69, 9.17) is 4.74 Å². The molecular formula is C24H26FN5O6S. The average Bonchev–Trinajstić information content (AvgIpc) is 3.50. The van der Waals surface area contributed by atoms with Gasteiger partial charge in [0, 0.05) is 36.5 Å². The van der Waals surface area contributed by atoms with Crippen molar-refractivity contribution >= 4 is 27.3 Å². The number of carbonyl (C=O) groups is 1. The topological polar surface area (TPSA) is 137 Å². The van der Waals surface area contributed by atoms with Gasteiger partial charge in [-0.05, 0) is 63.9 Å². The molecule has 2 heterocycles. The average molecular weight is 532 g/mol. The number of benzene rings is 2. The molecule has 1 aliphatic heterocycles. The Morgan fingerprint density at radius 1 is 1.16 bits per heavy atom. The van der Waals surface area contributed by atoms with Gasteiger partial charge in [-0.2, -0.15) is 9.40 Å². The van der Waals surface area contributed by atoms with Gasteiger partial charge in [0.15, 0.2) is 5.69 Å². The first-order chi connectivity index (χ1) is 17.5. The summed E-state index contributed by atoms with van der Waals surface area (Å²) < 4.78 is 48.7. The molecule has 3 aromatic rings. The molecule has 0 atom stereocenters. The molecule has 13 heteroatoms. The third-order valence-corrected chi connectivity index (χ3v) is 7.85. The van der Waals surface area contributed by atoms with E-state index in [0.717, 1.165) is 12.1 Å². The molecule has 1 amide bonds. The van der Waals surface area contributed by atoms with Gasteiger partial charge >= 0.3 is 0 Å². The molecule has 1 aromatic heterocycles. The van der Waals surface area contributed by atoms with Gasteiger partial charge in [0.25, 0.3) is 11.6 Å². The van der Waals surface area contributed by atoms with E-state index in [0.29, 0.717) is 37.2 Å². The van der Waals surface area contributed by atoms with E-state index in [2.05, 4.69) is 10.4 Å². The first-order valence-electron chi connectivity index (χ1n) is 11.6. The molecule has 0 spiro atoms. The molecule has 4 rings (SSSR count). The second-order valence-corrected chi connectivity index (χ2v) is 10.8. The van der Waals surface area contributed by atoms with Gasteiger partial charge in [0.05, 0.1) is 11.0 Å². The number of hydrogen-bond acceptors (Lipinski definition) is 7. The van der Waals surface area contributed by atoms with Gasteiger partial charge in [-0.25, -0.2) is 17.5 Å². The Bertz CT molecular complexity index is 1450. The number of nitro groups is 1. The number of nitrogens with zero attached hydrogens (tertiary/aromatic N) is 4. The second kappa shape index (κ2) is 10.3. The van der Waals surface area contributed by atoms with Crippen LogP contribution in [-0.2, 0) is 10.0 Å². The SMILES string of the molecule is Cc1c(C(=O)Nc2ccc(F)cc2)nn(C(C)C)c1Oc1ccc([N+](=O)[O-])cc1S(=O)(=O)N1CCCC1. The summed E-state index contributed by atoms with van der Waals surface area (Å²) in [6, 6.07) is 8.33. The van der Waals surface area contributed by atoms with Gasteiger partial charge in [0.2, 0.25) is 15.9 Å². The van der Waals surface area contributed by atoms with Crippen molar-refractivity contribution in [1.29, 1.82) is 0 Å². The Kier molecular flexibility index (Phi) is 7.28. The molecule has 1 N–H and O–H groups in total. The highest BCUT2D eigenvalue weighted by atomic mass is 32.2. The van der Waals surface area contributed by atoms with Crippen LogP contribution in [-0.4, -0.2) is 46.4 Å². The number of anilines is 1. The van der Waals surface area contributed by atoms with E-state index in [1.54, 1.807) is 20.8 Å². The number of halogens is 1. The van der Waals surface area contributed by atoms with E-state index >= 15 is 0 Å². The lowest BCUT2D eigenvalue weighted by Crippen LogP contribution is -2.28. The zero-order chi connectivity index (χ0) is 26.9. The Morgan fingerprint density at radius 3 is 2.41 bits per heavy atom. The maximum atomic E-state index is 13.4. The van der Waals surface area contributed by atoms with Crippen molar-refractivity contribution in [3.63, 3.8) is 0 Å². The van der Waals surface area contributed by atoms with Crippen LogP contribution < -0.4 is 10.1 Å². The quantitative estimate of drug-likeness (QED) is 0.330. The summed E-state index contributed by atoms with van der Waals surface area (Å²) in [4.78, 5) is 23.4. The predicted octanol–water partition coefficient (Wildman–Crippen LogP) is 4.65. The van der Waals surface area contributed by atoms with Crippen LogP contribution in [0.15, 0.2) is 47.4 Å². The highest BCUT2D eigenvalue weighted by Gasteiger charge is 2.33. The molecule has 0 bridgehead atoms. The number of aromatic nitrogens is 2. The third kappa shape index (κ3) is 5.32. The van der Waals surface area contributed by atoms with Crippen LogP contribution >= 0.6 is 0 Å². The van der Waals surface area contributed by atoms with Crippen LogP contribution in [0.2, 0.25) is 0 Å². The van der Waals surface area contributed by atoms with Crippen molar-refractivity contribution in [2.45, 2.75) is 44.6 Å². The Morgan fingerprint density at radius 2 is 1.81 bits per heavy atom. The van der Waals surface area contributed by atoms with Crippen molar-refractivity contribution in [3.05, 3.63) is 69.7 Å². The number of non-ortho nitro benzene ring substituents is 1. The van der Waals surface area contributed by atoms with Gasteiger partial charge in [-0.3, -0.25) is 14.9 Å². The zero-order valence-electron chi connectivity index (χ0n) is 20.5. The van der Waals surface area contributed by atoms with Gasteiger partial charge in [0.1, 0.15) is 16.5 Å². The third-order valence-electron chi connectivity index (χ3n) is 5.93. The standard InChI is InChI=1S/C24H26FN5O6S/c1-15(2)29-24(16(3)22(27-29)23(31)26-18-8-6-17(25)7-9-18)36-20-11-10-19(30(32)33)14-21(20)37(34,35)28-12-4-5-13-28/h6-11,14-15H,4-5,12-13H2,1-3H3,(H,26,31). The first-order valence-corrected chi connectivity index (χ1v) is 13.1. The molecule has 0 radical (unpaired) electrons. The highest BCUT2D eigenvalue weighted by Crippen LogP contribution is 2.37. The zero-order valence-corrected chi connectivity index (χ0v) is 21.3. The van der Waals surface area contributed by atoms with Crippen molar-refractivity contribution < 1.29 is 27.3 Å². The molecule has 1 aliphatic rings. The van der Waals surface area contributed by atoms with Gasteiger partial charge in [-0.1, -0.05) is 0 Å². The maximum Gasteiger partial charge on any atom is 0.276 e. The molecule has 0 unspecified atom stereocenters. The fourth-order valence-electron chi connectivity index (χ4n) is 3.98. The summed E-state index contributed by atoms with van der Waals surface area (Å²) in [5.74, 6) is -1.02. The minimum atomic E-state index is -4.08. The number of sulfonamides is 1. The lowest BCUT2D eigenvalue weighted by molar-refractivity contribution is -0.385. The van der Waals surface area contributed by atoms with Crippen molar-refractivity contribution in [3.8, 4) is 11.6 Å². The largest absolute Gasteiger partial charge is 0.438 e. The van der Waals surface area contributed by atoms with E-state index in [-0.39, 0.29) is 28.3 Å². The van der Waals surface area contributed by atoms with Gasteiger partial charge in [-0.15, -0.1) is 0 Å². The monoisotopic (exact) mass is 531 g/mol. The summed E-state index contributed by atoms with van der Waals surface area (Å²) in [6.45, 7) is 5.82. The Hall–Kier alpha value is -3.84. The maximum absolute atomic E-state index is 13.4. The molecule has 1 fully saturated rings. The number of carbonyl (C=O) groups excluding carboxylic acids is 1. The number of nitrogens with one attached hydrogen (secondary N) is 1. The normalized spacial score (nSPS) is 14.2. The van der Waals surface area contributed by atoms with E-state index in [9.17, 15) is 27.7 Å². The number of rotatable bonds is 8. The minimum Gasteiger partial charge on any atom is -0.438 e. The Labute approximate surface area is 213 Å². The van der Waals surface area contributed by atoms with Gasteiger partial charge < -0.3 is 10.1 Å². The summed E-state index contributed by atoms with van der Waals surface area (Å²) in [6.07, 6.45) is 1.38. The van der Waals surface area contributed by atoms with E-state index < -0.39 is 32.4 Å². The molecule has 11 nitrogen and oxygen atoms in total. The van der Waals surface area contributed by atoms with Crippen molar-refractivity contribution in [2.75, 3.05) is 18.4 Å². The van der Waals surface area contributed by atoms with Crippen molar-refractivity contribution in [2.24, 2.45) is 0 Å². The van der Waals surface area contributed by atoms with Crippen LogP contribution in [0.5, 0.6) is 11.6 Å². The lowest BCUT2D eigenvalue weighted by atomic mass is 10.2. The molecule has 0 aliphatic carbocycles. The molecule has 37 heavy (non-hydrogen) atoms. The summed E-state index contributed by atoms with van der Waals surface area (Å²) >= 11 is 0. The number of hydrogen-bond donors (Lipinski definition) is 1. The van der Waals surface area contributed by atoms with Crippen molar-refractivity contribution in [1.82, 2.24) is 14.1 Å². The summed E-state index contributed by atoms with van der Waals surface area (Å²) in [5.41, 5.74) is 0.329.